The minimum absolute atomic E-state index is 0.0736. The zero-order chi connectivity index (χ0) is 20.4. The molecule has 0 fully saturated rings. The van der Waals surface area contributed by atoms with Gasteiger partial charge in [-0.2, -0.15) is 0 Å². The largest absolute Gasteiger partial charge is 0.321 e. The number of aryl methyl sites for hydroxylation is 1. The van der Waals surface area contributed by atoms with Gasteiger partial charge in [-0.05, 0) is 24.6 Å². The average molecular weight is 383 g/mol. The highest BCUT2D eigenvalue weighted by Crippen LogP contribution is 2.27. The van der Waals surface area contributed by atoms with E-state index in [-0.39, 0.29) is 11.6 Å². The lowest BCUT2D eigenvalue weighted by atomic mass is 10.0. The van der Waals surface area contributed by atoms with Crippen LogP contribution in [0.3, 0.4) is 0 Å². The van der Waals surface area contributed by atoms with E-state index in [4.69, 9.17) is 0 Å². The van der Waals surface area contributed by atoms with Gasteiger partial charge in [-0.3, -0.25) is 14.9 Å². The highest BCUT2D eigenvalue weighted by atomic mass is 16.6. The highest BCUT2D eigenvalue weighted by Gasteiger charge is 2.16. The molecule has 1 aromatic heterocycles. The van der Waals surface area contributed by atoms with E-state index in [9.17, 15) is 14.9 Å². The Bertz CT molecular complexity index is 1240. The van der Waals surface area contributed by atoms with Crippen molar-refractivity contribution in [2.45, 2.75) is 6.92 Å². The van der Waals surface area contributed by atoms with E-state index in [1.165, 1.54) is 12.1 Å². The van der Waals surface area contributed by atoms with Gasteiger partial charge in [0.15, 0.2) is 0 Å². The number of non-ortho nitro benzene ring substituents is 1. The van der Waals surface area contributed by atoms with Crippen LogP contribution in [0.1, 0.15) is 15.9 Å². The van der Waals surface area contributed by atoms with Gasteiger partial charge in [0.05, 0.1) is 27.4 Å². The van der Waals surface area contributed by atoms with Gasteiger partial charge in [0.2, 0.25) is 0 Å². The van der Waals surface area contributed by atoms with E-state index >= 15 is 0 Å². The summed E-state index contributed by atoms with van der Waals surface area (Å²) in [5.41, 5.74) is 3.83. The fourth-order valence-electron chi connectivity index (χ4n) is 3.17. The molecule has 6 heteroatoms. The Kier molecular flexibility index (Phi) is 4.75. The third kappa shape index (κ3) is 3.68. The van der Waals surface area contributed by atoms with Crippen molar-refractivity contribution in [2.75, 3.05) is 5.32 Å². The smallest absolute Gasteiger partial charge is 0.271 e. The number of anilines is 1. The van der Waals surface area contributed by atoms with Crippen LogP contribution in [-0.4, -0.2) is 15.8 Å². The van der Waals surface area contributed by atoms with Gasteiger partial charge >= 0.3 is 0 Å². The summed E-state index contributed by atoms with van der Waals surface area (Å²) in [5.74, 6) is -0.343. The Balaban J connectivity index is 1.80. The lowest BCUT2D eigenvalue weighted by Gasteiger charge is -2.12. The van der Waals surface area contributed by atoms with Crippen molar-refractivity contribution < 1.29 is 9.72 Å². The first kappa shape index (κ1) is 18.3. The molecule has 0 bridgehead atoms. The third-order valence-corrected chi connectivity index (χ3v) is 4.71. The van der Waals surface area contributed by atoms with E-state index in [1.54, 1.807) is 19.1 Å². The lowest BCUT2D eigenvalue weighted by Crippen LogP contribution is -2.14. The van der Waals surface area contributed by atoms with E-state index < -0.39 is 4.92 Å². The fraction of sp³-hybridized carbons (Fsp3) is 0.0435. The van der Waals surface area contributed by atoms with Crippen LogP contribution in [-0.2, 0) is 0 Å². The molecule has 0 aliphatic carbocycles. The molecule has 0 spiro atoms. The standard InChI is InChI=1S/C23H17N3O3/c1-15-11-12-17(26(28)29)13-21(15)25-23(27)19-14-22(16-7-3-2-4-8-16)24-20-10-6-5-9-18(19)20/h2-14H,1H3,(H,25,27). The van der Waals surface area contributed by atoms with Crippen molar-refractivity contribution in [1.29, 1.82) is 0 Å². The molecule has 0 radical (unpaired) electrons. The molecular formula is C23H17N3O3. The average Bonchev–Trinajstić information content (AvgIpc) is 2.75. The van der Waals surface area contributed by atoms with Gasteiger partial charge in [0.25, 0.3) is 11.6 Å². The normalized spacial score (nSPS) is 10.7. The van der Waals surface area contributed by atoms with Gasteiger partial charge < -0.3 is 5.32 Å². The van der Waals surface area contributed by atoms with Gasteiger partial charge in [0, 0.05) is 23.1 Å². The summed E-state index contributed by atoms with van der Waals surface area (Å²) in [6.45, 7) is 1.79. The Hall–Kier alpha value is -4.06. The van der Waals surface area contributed by atoms with E-state index in [1.807, 2.05) is 54.6 Å². The molecule has 4 rings (SSSR count). The lowest BCUT2D eigenvalue weighted by molar-refractivity contribution is -0.384. The third-order valence-electron chi connectivity index (χ3n) is 4.71. The maximum Gasteiger partial charge on any atom is 0.271 e. The van der Waals surface area contributed by atoms with Gasteiger partial charge in [-0.1, -0.05) is 54.6 Å². The number of hydrogen-bond donors (Lipinski definition) is 1. The minimum Gasteiger partial charge on any atom is -0.321 e. The molecule has 1 N–H and O–H groups in total. The molecule has 0 saturated heterocycles. The number of para-hydroxylation sites is 1. The Morgan fingerprint density at radius 1 is 0.966 bits per heavy atom. The SMILES string of the molecule is Cc1ccc([N+](=O)[O-])cc1NC(=O)c1cc(-c2ccccc2)nc2ccccc12. The summed E-state index contributed by atoms with van der Waals surface area (Å²) in [4.78, 5) is 28.4. The number of nitrogens with zero attached hydrogens (tertiary/aromatic N) is 2. The van der Waals surface area contributed by atoms with Crippen molar-refractivity contribution in [2.24, 2.45) is 0 Å². The van der Waals surface area contributed by atoms with Crippen molar-refractivity contribution in [1.82, 2.24) is 4.98 Å². The number of aromatic nitrogens is 1. The monoisotopic (exact) mass is 383 g/mol. The maximum atomic E-state index is 13.1. The predicted molar refractivity (Wildman–Crippen MR) is 113 cm³/mol. The summed E-state index contributed by atoms with van der Waals surface area (Å²) in [6.07, 6.45) is 0. The molecule has 4 aromatic rings. The van der Waals surface area contributed by atoms with Crippen molar-refractivity contribution in [3.63, 3.8) is 0 Å². The van der Waals surface area contributed by atoms with Crippen LogP contribution in [0.2, 0.25) is 0 Å². The minimum atomic E-state index is -0.482. The number of nitro benzene ring substituents is 1. The maximum absolute atomic E-state index is 13.1. The first-order chi connectivity index (χ1) is 14.0. The van der Waals surface area contributed by atoms with Crippen LogP contribution in [0.15, 0.2) is 78.9 Å². The number of benzene rings is 3. The number of carbonyl (C=O) groups is 1. The van der Waals surface area contributed by atoms with Gasteiger partial charge in [-0.15, -0.1) is 0 Å². The topological polar surface area (TPSA) is 85.1 Å². The first-order valence-corrected chi connectivity index (χ1v) is 9.04. The van der Waals surface area contributed by atoms with Crippen LogP contribution in [0.25, 0.3) is 22.2 Å². The highest BCUT2D eigenvalue weighted by molar-refractivity contribution is 6.13. The van der Waals surface area contributed by atoms with Crippen molar-refractivity contribution >= 4 is 28.2 Å². The predicted octanol–water partition coefficient (Wildman–Crippen LogP) is 5.37. The number of nitro groups is 1. The Labute approximate surface area is 167 Å². The molecule has 1 heterocycles. The van der Waals surface area contributed by atoms with Crippen LogP contribution >= 0.6 is 0 Å². The molecular weight excluding hydrogens is 366 g/mol. The molecule has 1 amide bonds. The Morgan fingerprint density at radius 2 is 1.69 bits per heavy atom. The van der Waals surface area contributed by atoms with Crippen molar-refractivity contribution in [3.05, 3.63) is 100 Å². The van der Waals surface area contributed by atoms with Gasteiger partial charge in [-0.25, -0.2) is 4.98 Å². The molecule has 0 unspecified atom stereocenters. The molecule has 0 aliphatic rings. The van der Waals surface area contributed by atoms with E-state index in [2.05, 4.69) is 10.3 Å². The summed E-state index contributed by atoms with van der Waals surface area (Å²) >= 11 is 0. The fourth-order valence-corrected chi connectivity index (χ4v) is 3.17. The summed E-state index contributed by atoms with van der Waals surface area (Å²) < 4.78 is 0. The molecule has 29 heavy (non-hydrogen) atoms. The number of fused-ring (bicyclic) bond motifs is 1. The molecule has 6 nitrogen and oxygen atoms in total. The first-order valence-electron chi connectivity index (χ1n) is 9.04. The second-order valence-corrected chi connectivity index (χ2v) is 6.65. The summed E-state index contributed by atoms with van der Waals surface area (Å²) in [6, 6.07) is 23.2. The Morgan fingerprint density at radius 3 is 2.45 bits per heavy atom. The summed E-state index contributed by atoms with van der Waals surface area (Å²) in [7, 11) is 0. The molecule has 0 aliphatic heterocycles. The number of rotatable bonds is 4. The number of hydrogen-bond acceptors (Lipinski definition) is 4. The zero-order valence-electron chi connectivity index (χ0n) is 15.6. The second kappa shape index (κ2) is 7.52. The molecule has 0 saturated carbocycles. The number of pyridine rings is 1. The van der Waals surface area contributed by atoms with Crippen LogP contribution < -0.4 is 5.32 Å². The molecule has 142 valence electrons. The van der Waals surface area contributed by atoms with E-state index in [0.29, 0.717) is 27.8 Å². The second-order valence-electron chi connectivity index (χ2n) is 6.65. The van der Waals surface area contributed by atoms with Crippen molar-refractivity contribution in [3.8, 4) is 11.3 Å². The van der Waals surface area contributed by atoms with Gasteiger partial charge in [0.1, 0.15) is 0 Å². The molecule has 0 atom stereocenters. The molecule has 3 aromatic carbocycles. The quantitative estimate of drug-likeness (QED) is 0.379. The van der Waals surface area contributed by atoms with Crippen LogP contribution in [0, 0.1) is 17.0 Å². The van der Waals surface area contributed by atoms with E-state index in [0.717, 1.165) is 11.1 Å². The van der Waals surface area contributed by atoms with Crippen LogP contribution in [0.5, 0.6) is 0 Å². The summed E-state index contributed by atoms with van der Waals surface area (Å²) in [5, 5.41) is 14.6. The number of amides is 1. The number of carbonyl (C=O) groups excluding carboxylic acids is 1. The zero-order valence-corrected chi connectivity index (χ0v) is 15.6. The number of nitrogens with one attached hydrogen (secondary N) is 1. The van der Waals surface area contributed by atoms with Crippen LogP contribution in [0.4, 0.5) is 11.4 Å².